The highest BCUT2D eigenvalue weighted by Gasteiger charge is 2.10. The number of hydrogen-bond donors (Lipinski definition) is 1. The van der Waals surface area contributed by atoms with E-state index in [0.29, 0.717) is 22.1 Å². The first-order valence-electron chi connectivity index (χ1n) is 7.15. The Morgan fingerprint density at radius 2 is 1.96 bits per heavy atom. The molecule has 0 aromatic heterocycles. The summed E-state index contributed by atoms with van der Waals surface area (Å²) in [6, 6.07) is 10.8. The van der Waals surface area contributed by atoms with Gasteiger partial charge >= 0.3 is 6.61 Å². The molecule has 0 radical (unpaired) electrons. The normalized spacial score (nSPS) is 12.8. The van der Waals surface area contributed by atoms with E-state index in [9.17, 15) is 18.3 Å². The molecule has 0 bridgehead atoms. The number of aliphatic imine (C=N–C) groups is 1. The first-order valence-corrected chi connectivity index (χ1v) is 7.95. The molecule has 2 aromatic rings. The van der Waals surface area contributed by atoms with E-state index in [0.717, 1.165) is 0 Å². The third-order valence-electron chi connectivity index (χ3n) is 3.20. The highest BCUT2D eigenvalue weighted by Crippen LogP contribution is 2.23. The van der Waals surface area contributed by atoms with Crippen molar-refractivity contribution >= 4 is 27.8 Å². The molecule has 0 aliphatic carbocycles. The fourth-order valence-corrected chi connectivity index (χ4v) is 2.28. The number of nitrogens with zero attached hydrogens (tertiary/aromatic N) is 1. The Bertz CT molecular complexity index is 710. The molecule has 0 amide bonds. The Morgan fingerprint density at radius 3 is 2.67 bits per heavy atom. The first kappa shape index (κ1) is 18.5. The molecule has 0 spiro atoms. The number of hydrogen-bond acceptors (Lipinski definition) is 3. The van der Waals surface area contributed by atoms with Gasteiger partial charge < -0.3 is 9.84 Å². The predicted octanol–water partition coefficient (Wildman–Crippen LogP) is 4.89. The van der Waals surface area contributed by atoms with Crippen molar-refractivity contribution in [1.82, 2.24) is 0 Å². The average molecular weight is 402 g/mol. The molecule has 2 aromatic carbocycles. The minimum absolute atomic E-state index is 0.0895. The molecule has 0 saturated carbocycles. The zero-order valence-corrected chi connectivity index (χ0v) is 14.1. The Labute approximate surface area is 145 Å². The highest BCUT2D eigenvalue weighted by atomic mass is 79.9. The zero-order chi connectivity index (χ0) is 17.5. The minimum Gasteiger partial charge on any atom is -0.435 e. The maximum atomic E-state index is 13.4. The molecule has 0 aliphatic heterocycles. The summed E-state index contributed by atoms with van der Waals surface area (Å²) in [7, 11) is 0. The lowest BCUT2D eigenvalue weighted by molar-refractivity contribution is -0.0504. The van der Waals surface area contributed by atoms with Crippen LogP contribution in [0.15, 0.2) is 51.9 Å². The Morgan fingerprint density at radius 1 is 1.21 bits per heavy atom. The summed E-state index contributed by atoms with van der Waals surface area (Å²) in [6.07, 6.45) is 1.01. The van der Waals surface area contributed by atoms with E-state index >= 15 is 0 Å². The van der Waals surface area contributed by atoms with E-state index in [1.807, 2.05) is 0 Å². The fraction of sp³-hybridized carbons (Fsp3) is 0.235. The number of rotatable bonds is 7. The molecule has 128 valence electrons. The van der Waals surface area contributed by atoms with E-state index in [1.54, 1.807) is 24.3 Å². The van der Waals surface area contributed by atoms with Gasteiger partial charge in [0, 0.05) is 12.3 Å². The molecule has 3 nitrogen and oxygen atoms in total. The van der Waals surface area contributed by atoms with Crippen molar-refractivity contribution in [3.05, 3.63) is 58.3 Å². The van der Waals surface area contributed by atoms with Gasteiger partial charge in [-0.2, -0.15) is 8.78 Å². The molecule has 0 heterocycles. The zero-order valence-electron chi connectivity index (χ0n) is 12.5. The third-order valence-corrected chi connectivity index (χ3v) is 3.84. The standard InChI is InChI=1S/C17H15BrF3NO2/c18-14-8-6-12(9-15(14)19)22-10-13(23)7-5-11-3-1-2-4-16(11)24-17(20)21/h1-4,6,8-10,13,17,23H,5,7H2. The summed E-state index contributed by atoms with van der Waals surface area (Å²) < 4.78 is 42.8. The summed E-state index contributed by atoms with van der Waals surface area (Å²) in [5.41, 5.74) is 0.941. The van der Waals surface area contributed by atoms with Crippen molar-refractivity contribution in [3.8, 4) is 5.75 Å². The van der Waals surface area contributed by atoms with E-state index in [-0.39, 0.29) is 12.2 Å². The maximum absolute atomic E-state index is 13.4. The van der Waals surface area contributed by atoms with Gasteiger partial charge in [-0.1, -0.05) is 18.2 Å². The second-order valence-corrected chi connectivity index (χ2v) is 5.82. The van der Waals surface area contributed by atoms with Crippen LogP contribution in [0.2, 0.25) is 0 Å². The lowest BCUT2D eigenvalue weighted by atomic mass is 10.1. The molecule has 2 rings (SSSR count). The van der Waals surface area contributed by atoms with Gasteiger partial charge in [0.05, 0.1) is 16.3 Å². The van der Waals surface area contributed by atoms with Crippen molar-refractivity contribution < 1.29 is 23.0 Å². The Kier molecular flexibility index (Phi) is 6.81. The number of benzene rings is 2. The van der Waals surface area contributed by atoms with Gasteiger partial charge in [-0.15, -0.1) is 0 Å². The van der Waals surface area contributed by atoms with Crippen LogP contribution in [0.25, 0.3) is 0 Å². The van der Waals surface area contributed by atoms with Crippen LogP contribution in [0.3, 0.4) is 0 Å². The van der Waals surface area contributed by atoms with Gasteiger partial charge in [-0.3, -0.25) is 4.99 Å². The number of ether oxygens (including phenoxy) is 1. The van der Waals surface area contributed by atoms with Gasteiger partial charge in [-0.05, 0) is 52.5 Å². The quantitative estimate of drug-likeness (QED) is 0.671. The molecule has 1 unspecified atom stereocenters. The monoisotopic (exact) mass is 401 g/mol. The second-order valence-electron chi connectivity index (χ2n) is 4.97. The van der Waals surface area contributed by atoms with Crippen LogP contribution in [-0.2, 0) is 6.42 Å². The smallest absolute Gasteiger partial charge is 0.387 e. The first-order chi connectivity index (χ1) is 11.5. The van der Waals surface area contributed by atoms with Crippen LogP contribution >= 0.6 is 15.9 Å². The van der Waals surface area contributed by atoms with E-state index in [4.69, 9.17) is 0 Å². The SMILES string of the molecule is OC(C=Nc1ccc(Br)c(F)c1)CCc1ccccc1OC(F)F. The third kappa shape index (κ3) is 5.65. The number of halogens is 4. The number of aliphatic hydroxyl groups is 1. The second kappa shape index (κ2) is 8.84. The summed E-state index contributed by atoms with van der Waals surface area (Å²) in [5.74, 6) is -0.358. The molecule has 0 saturated heterocycles. The molecule has 0 aliphatic rings. The highest BCUT2D eigenvalue weighted by molar-refractivity contribution is 9.10. The maximum Gasteiger partial charge on any atom is 0.387 e. The van der Waals surface area contributed by atoms with E-state index in [1.165, 1.54) is 24.4 Å². The van der Waals surface area contributed by atoms with Crippen LogP contribution < -0.4 is 4.74 Å². The Hall–Kier alpha value is -1.86. The molecule has 1 N–H and O–H groups in total. The van der Waals surface area contributed by atoms with Crippen molar-refractivity contribution in [3.63, 3.8) is 0 Å². The van der Waals surface area contributed by atoms with Crippen molar-refractivity contribution in [1.29, 1.82) is 0 Å². The van der Waals surface area contributed by atoms with Gasteiger partial charge in [0.2, 0.25) is 0 Å². The molecule has 24 heavy (non-hydrogen) atoms. The van der Waals surface area contributed by atoms with Gasteiger partial charge in [-0.25, -0.2) is 4.39 Å². The average Bonchev–Trinajstić information content (AvgIpc) is 2.54. The molecule has 0 fully saturated rings. The largest absolute Gasteiger partial charge is 0.435 e. The molecule has 7 heteroatoms. The predicted molar refractivity (Wildman–Crippen MR) is 89.7 cm³/mol. The summed E-state index contributed by atoms with van der Waals surface area (Å²) in [6.45, 7) is -2.90. The van der Waals surface area contributed by atoms with Crippen molar-refractivity contribution in [2.75, 3.05) is 0 Å². The van der Waals surface area contributed by atoms with Crippen LogP contribution in [0.5, 0.6) is 5.75 Å². The van der Waals surface area contributed by atoms with Crippen LogP contribution in [-0.4, -0.2) is 24.0 Å². The summed E-state index contributed by atoms with van der Waals surface area (Å²) in [5, 5.41) is 9.93. The van der Waals surface area contributed by atoms with E-state index < -0.39 is 18.5 Å². The number of alkyl halides is 2. The van der Waals surface area contributed by atoms with E-state index in [2.05, 4.69) is 25.7 Å². The van der Waals surface area contributed by atoms with Crippen LogP contribution in [0.4, 0.5) is 18.9 Å². The van der Waals surface area contributed by atoms with Crippen LogP contribution in [0.1, 0.15) is 12.0 Å². The fourth-order valence-electron chi connectivity index (χ4n) is 2.04. The Balaban J connectivity index is 1.94. The number of aryl methyl sites for hydroxylation is 1. The lowest BCUT2D eigenvalue weighted by Crippen LogP contribution is -2.10. The topological polar surface area (TPSA) is 41.8 Å². The van der Waals surface area contributed by atoms with Gasteiger partial charge in [0.1, 0.15) is 11.6 Å². The van der Waals surface area contributed by atoms with Gasteiger partial charge in [0.15, 0.2) is 0 Å². The summed E-state index contributed by atoms with van der Waals surface area (Å²) in [4.78, 5) is 4.00. The molecule has 1 atom stereocenters. The summed E-state index contributed by atoms with van der Waals surface area (Å²) >= 11 is 3.04. The molecular weight excluding hydrogens is 387 g/mol. The number of aliphatic hydroxyl groups excluding tert-OH is 1. The van der Waals surface area contributed by atoms with Crippen LogP contribution in [0, 0.1) is 5.82 Å². The lowest BCUT2D eigenvalue weighted by Gasteiger charge is -2.11. The van der Waals surface area contributed by atoms with Crippen molar-refractivity contribution in [2.45, 2.75) is 25.6 Å². The van der Waals surface area contributed by atoms with Crippen molar-refractivity contribution in [2.24, 2.45) is 4.99 Å². The van der Waals surface area contributed by atoms with Gasteiger partial charge in [0.25, 0.3) is 0 Å². The molecular formula is C17H15BrF3NO2. The minimum atomic E-state index is -2.90. The number of para-hydroxylation sites is 1.